The largest absolute Gasteiger partial charge is 0.334 e. The van der Waals surface area contributed by atoms with Crippen molar-refractivity contribution in [1.82, 2.24) is 14.3 Å². The molecule has 2 aromatic heterocycles. The lowest BCUT2D eigenvalue weighted by Gasteiger charge is -2.13. The second kappa shape index (κ2) is 9.76. The van der Waals surface area contributed by atoms with Crippen molar-refractivity contribution in [3.63, 3.8) is 0 Å². The molecule has 0 aliphatic heterocycles. The standard InChI is InChI=1S/C29H25N3O2S/c1-3-24-27-23(17-25(30-24)28(33)31-35-29(34)20-12-5-4-6-13-20)22-15-9-10-16-26(22)32(27)18-21-14-8-7-11-19(21)2/h4-17H,3,18H2,1-2H3,(H,31,33). The first-order valence-electron chi connectivity index (χ1n) is 11.6. The molecule has 5 rings (SSSR count). The molecule has 5 aromatic rings. The van der Waals surface area contributed by atoms with Crippen LogP contribution in [-0.2, 0) is 13.0 Å². The van der Waals surface area contributed by atoms with Crippen LogP contribution in [0.15, 0.2) is 84.9 Å². The maximum absolute atomic E-state index is 13.0. The highest BCUT2D eigenvalue weighted by atomic mass is 32.2. The fourth-order valence-electron chi connectivity index (χ4n) is 4.42. The molecule has 5 nitrogen and oxygen atoms in total. The summed E-state index contributed by atoms with van der Waals surface area (Å²) in [5.74, 6) is -0.383. The molecule has 1 N–H and O–H groups in total. The number of rotatable bonds is 5. The van der Waals surface area contributed by atoms with Crippen LogP contribution in [0.1, 0.15) is 44.6 Å². The number of nitrogens with one attached hydrogen (secondary N) is 1. The average molecular weight is 480 g/mol. The summed E-state index contributed by atoms with van der Waals surface area (Å²) < 4.78 is 4.97. The number of hydrogen-bond acceptors (Lipinski definition) is 4. The molecule has 174 valence electrons. The van der Waals surface area contributed by atoms with Gasteiger partial charge < -0.3 is 4.57 Å². The van der Waals surface area contributed by atoms with Gasteiger partial charge in [0.2, 0.25) is 5.12 Å². The number of aromatic nitrogens is 2. The minimum Gasteiger partial charge on any atom is -0.334 e. The number of benzene rings is 3. The SMILES string of the molecule is CCc1nc(C(=O)NSC(=O)c2ccccc2)cc2c3ccccc3n(Cc3ccccc3C)c12. The molecule has 0 spiro atoms. The molecule has 0 saturated heterocycles. The van der Waals surface area contributed by atoms with Crippen LogP contribution in [0.3, 0.4) is 0 Å². The molecule has 2 heterocycles. The number of nitrogens with zero attached hydrogens (tertiary/aromatic N) is 2. The number of aryl methyl sites for hydroxylation is 2. The van der Waals surface area contributed by atoms with Crippen LogP contribution < -0.4 is 4.72 Å². The van der Waals surface area contributed by atoms with Gasteiger partial charge in [-0.2, -0.15) is 0 Å². The van der Waals surface area contributed by atoms with Gasteiger partial charge in [0.1, 0.15) is 5.69 Å². The van der Waals surface area contributed by atoms with E-state index in [1.54, 1.807) is 24.3 Å². The Kier molecular flexibility index (Phi) is 6.38. The molecule has 35 heavy (non-hydrogen) atoms. The van der Waals surface area contributed by atoms with E-state index in [9.17, 15) is 9.59 Å². The lowest BCUT2D eigenvalue weighted by Crippen LogP contribution is -2.20. The zero-order valence-electron chi connectivity index (χ0n) is 19.6. The van der Waals surface area contributed by atoms with E-state index in [1.807, 2.05) is 31.2 Å². The van der Waals surface area contributed by atoms with Gasteiger partial charge in [0.15, 0.2) is 0 Å². The Bertz CT molecular complexity index is 1560. The monoisotopic (exact) mass is 479 g/mol. The second-order valence-corrected chi connectivity index (χ2v) is 9.20. The highest BCUT2D eigenvalue weighted by Gasteiger charge is 2.20. The van der Waals surface area contributed by atoms with Gasteiger partial charge in [-0.25, -0.2) is 4.98 Å². The van der Waals surface area contributed by atoms with E-state index in [1.165, 1.54) is 11.1 Å². The summed E-state index contributed by atoms with van der Waals surface area (Å²) >= 11 is 0.780. The minimum atomic E-state index is -0.383. The second-order valence-electron chi connectivity index (χ2n) is 8.42. The quantitative estimate of drug-likeness (QED) is 0.299. The summed E-state index contributed by atoms with van der Waals surface area (Å²) in [6.07, 6.45) is 0.678. The lowest BCUT2D eigenvalue weighted by molar-refractivity contribution is 0.0973. The van der Waals surface area contributed by atoms with Crippen molar-refractivity contribution >= 4 is 44.8 Å². The molecule has 0 radical (unpaired) electrons. The highest BCUT2D eigenvalue weighted by molar-refractivity contribution is 8.12. The molecular weight excluding hydrogens is 454 g/mol. The number of para-hydroxylation sites is 1. The molecule has 1 amide bonds. The predicted molar refractivity (Wildman–Crippen MR) is 143 cm³/mol. The van der Waals surface area contributed by atoms with Crippen LogP contribution in [-0.4, -0.2) is 20.6 Å². The van der Waals surface area contributed by atoms with Crippen LogP contribution in [0.5, 0.6) is 0 Å². The maximum Gasteiger partial charge on any atom is 0.280 e. The van der Waals surface area contributed by atoms with Crippen molar-refractivity contribution < 1.29 is 9.59 Å². The van der Waals surface area contributed by atoms with Crippen molar-refractivity contribution in [1.29, 1.82) is 0 Å². The lowest BCUT2D eigenvalue weighted by atomic mass is 10.1. The highest BCUT2D eigenvalue weighted by Crippen LogP contribution is 2.32. The molecular formula is C29H25N3O2S. The normalized spacial score (nSPS) is 11.1. The molecule has 0 saturated carbocycles. The Morgan fingerprint density at radius 1 is 0.914 bits per heavy atom. The predicted octanol–water partition coefficient (Wildman–Crippen LogP) is 6.33. The molecule has 0 bridgehead atoms. The van der Waals surface area contributed by atoms with E-state index in [-0.39, 0.29) is 11.0 Å². The third-order valence-corrected chi connectivity index (χ3v) is 6.93. The number of carbonyl (C=O) groups excluding carboxylic acids is 2. The summed E-state index contributed by atoms with van der Waals surface area (Å²) in [5.41, 5.74) is 6.33. The first kappa shape index (κ1) is 22.9. The first-order chi connectivity index (χ1) is 17.1. The van der Waals surface area contributed by atoms with Crippen molar-refractivity contribution in [3.8, 4) is 0 Å². The Balaban J connectivity index is 1.54. The van der Waals surface area contributed by atoms with Crippen LogP contribution in [0.25, 0.3) is 21.8 Å². The van der Waals surface area contributed by atoms with Crippen molar-refractivity contribution in [2.45, 2.75) is 26.8 Å². The van der Waals surface area contributed by atoms with Crippen LogP contribution >= 0.6 is 11.9 Å². The summed E-state index contributed by atoms with van der Waals surface area (Å²) in [6, 6.07) is 27.4. The summed E-state index contributed by atoms with van der Waals surface area (Å²) in [6.45, 7) is 4.89. The maximum atomic E-state index is 13.0. The van der Waals surface area contributed by atoms with Gasteiger partial charge in [0.05, 0.1) is 11.2 Å². The Hall–Kier alpha value is -3.90. The van der Waals surface area contributed by atoms with Crippen molar-refractivity contribution in [3.05, 3.63) is 113 Å². The number of hydrogen-bond donors (Lipinski definition) is 1. The van der Waals surface area contributed by atoms with E-state index < -0.39 is 0 Å². The van der Waals surface area contributed by atoms with Gasteiger partial charge in [0, 0.05) is 40.3 Å². The van der Waals surface area contributed by atoms with E-state index >= 15 is 0 Å². The van der Waals surface area contributed by atoms with E-state index in [0.29, 0.717) is 17.7 Å². The smallest absolute Gasteiger partial charge is 0.280 e. The van der Waals surface area contributed by atoms with E-state index in [0.717, 1.165) is 46.0 Å². The number of pyridine rings is 1. The Morgan fingerprint density at radius 2 is 1.63 bits per heavy atom. The van der Waals surface area contributed by atoms with Gasteiger partial charge in [-0.3, -0.25) is 14.3 Å². The fourth-order valence-corrected chi connectivity index (χ4v) is 4.96. The molecule has 0 aliphatic carbocycles. The summed E-state index contributed by atoms with van der Waals surface area (Å²) in [4.78, 5) is 30.2. The van der Waals surface area contributed by atoms with Gasteiger partial charge in [-0.15, -0.1) is 0 Å². The van der Waals surface area contributed by atoms with Gasteiger partial charge in [-0.1, -0.05) is 79.7 Å². The van der Waals surface area contributed by atoms with Crippen LogP contribution in [0, 0.1) is 6.92 Å². The molecule has 0 aliphatic rings. The molecule has 0 unspecified atom stereocenters. The summed E-state index contributed by atoms with van der Waals surface area (Å²) in [7, 11) is 0. The number of carbonyl (C=O) groups is 2. The fraction of sp³-hybridized carbons (Fsp3) is 0.138. The van der Waals surface area contributed by atoms with Crippen molar-refractivity contribution in [2.75, 3.05) is 0 Å². The van der Waals surface area contributed by atoms with Crippen LogP contribution in [0.4, 0.5) is 0 Å². The van der Waals surface area contributed by atoms with Crippen LogP contribution in [0.2, 0.25) is 0 Å². The molecule has 0 atom stereocenters. The van der Waals surface area contributed by atoms with Gasteiger partial charge in [-0.05, 0) is 36.6 Å². The number of amides is 1. The molecule has 0 fully saturated rings. The number of fused-ring (bicyclic) bond motifs is 3. The van der Waals surface area contributed by atoms with Gasteiger partial charge in [0.25, 0.3) is 5.91 Å². The summed E-state index contributed by atoms with van der Waals surface area (Å²) in [5, 5.41) is 1.85. The third kappa shape index (κ3) is 4.45. The van der Waals surface area contributed by atoms with Gasteiger partial charge >= 0.3 is 0 Å². The third-order valence-electron chi connectivity index (χ3n) is 6.22. The molecule has 6 heteroatoms. The molecule has 3 aromatic carbocycles. The average Bonchev–Trinajstić information content (AvgIpc) is 3.22. The first-order valence-corrected chi connectivity index (χ1v) is 12.4. The van der Waals surface area contributed by atoms with E-state index in [4.69, 9.17) is 4.98 Å². The Morgan fingerprint density at radius 3 is 2.40 bits per heavy atom. The van der Waals surface area contributed by atoms with E-state index in [2.05, 4.69) is 52.6 Å². The zero-order chi connectivity index (χ0) is 24.4. The minimum absolute atomic E-state index is 0.217. The zero-order valence-corrected chi connectivity index (χ0v) is 20.4. The Labute approximate surface area is 208 Å². The topological polar surface area (TPSA) is 64.0 Å². The van der Waals surface area contributed by atoms with Crippen molar-refractivity contribution in [2.24, 2.45) is 0 Å².